The normalized spacial score (nSPS) is 16.0. The molecule has 144 valence electrons. The summed E-state index contributed by atoms with van der Waals surface area (Å²) < 4.78 is 12.7. The van der Waals surface area contributed by atoms with Crippen molar-refractivity contribution < 1.29 is 8.83 Å². The van der Waals surface area contributed by atoms with E-state index in [1.54, 1.807) is 28.7 Å². The quantitative estimate of drug-likeness (QED) is 0.531. The second-order valence-electron chi connectivity index (χ2n) is 6.66. The lowest BCUT2D eigenvalue weighted by Gasteiger charge is -2.17. The largest absolute Gasteiger partial charge is 0.406 e. The van der Waals surface area contributed by atoms with Crippen molar-refractivity contribution in [3.8, 4) is 12.0 Å². The van der Waals surface area contributed by atoms with Crippen LogP contribution in [0.25, 0.3) is 17.5 Å². The predicted octanol–water partition coefficient (Wildman–Crippen LogP) is 2.39. The zero-order chi connectivity index (χ0) is 20.3. The van der Waals surface area contributed by atoms with E-state index in [9.17, 15) is 10.1 Å². The molecule has 0 spiro atoms. The third-order valence-corrected chi connectivity index (χ3v) is 6.71. The zero-order valence-corrected chi connectivity index (χ0v) is 17.1. The van der Waals surface area contributed by atoms with E-state index in [1.165, 1.54) is 4.57 Å². The van der Waals surface area contributed by atoms with Crippen LogP contribution >= 0.6 is 22.7 Å². The number of oxazole rings is 2. The molecule has 0 unspecified atom stereocenters. The number of nitrogens with two attached hydrogens (primary N) is 1. The maximum Gasteiger partial charge on any atom is 0.362 e. The topological polar surface area (TPSA) is 111 Å². The number of anilines is 1. The van der Waals surface area contributed by atoms with Crippen molar-refractivity contribution in [3.05, 3.63) is 70.8 Å². The second kappa shape index (κ2) is 6.34. The van der Waals surface area contributed by atoms with Gasteiger partial charge in [0.05, 0.1) is 5.92 Å². The third kappa shape index (κ3) is 2.68. The van der Waals surface area contributed by atoms with E-state index >= 15 is 0 Å². The standard InChI is InChI=1S/C20H14N4O3S2/c1-9-3-5-11(28-9)7-13-19(25)26-17-12(8-21)15(14-6-4-10(2)29-14)16-18(24(13)17)27-20(22)23-16/h3-7,15H,1-2H3,(H2,22,23)/b13-7+/t15-/m1/s1. The Bertz CT molecular complexity index is 1490. The molecule has 0 radical (unpaired) electrons. The van der Waals surface area contributed by atoms with E-state index in [4.69, 9.17) is 14.6 Å². The number of thiophene rings is 2. The number of nitriles is 1. The zero-order valence-electron chi connectivity index (χ0n) is 15.4. The first-order valence-electron chi connectivity index (χ1n) is 8.73. The minimum Gasteiger partial charge on any atom is -0.406 e. The van der Waals surface area contributed by atoms with Gasteiger partial charge >= 0.3 is 5.63 Å². The molecule has 9 heteroatoms. The van der Waals surface area contributed by atoms with E-state index in [2.05, 4.69) is 11.1 Å². The van der Waals surface area contributed by atoms with Gasteiger partial charge in [-0.2, -0.15) is 10.2 Å². The highest BCUT2D eigenvalue weighted by molar-refractivity contribution is 7.12. The number of hydrogen-bond acceptors (Lipinski definition) is 8. The van der Waals surface area contributed by atoms with E-state index in [0.29, 0.717) is 17.2 Å². The summed E-state index contributed by atoms with van der Waals surface area (Å²) >= 11 is 3.10. The number of nitrogen functional groups attached to an aromatic ring is 1. The summed E-state index contributed by atoms with van der Waals surface area (Å²) in [7, 11) is 0. The predicted molar refractivity (Wildman–Crippen MR) is 111 cm³/mol. The Balaban J connectivity index is 1.90. The van der Waals surface area contributed by atoms with Gasteiger partial charge in [-0.05, 0) is 44.2 Å². The minimum atomic E-state index is -0.553. The van der Waals surface area contributed by atoms with Gasteiger partial charge < -0.3 is 14.6 Å². The van der Waals surface area contributed by atoms with Gasteiger partial charge in [0.25, 0.3) is 6.01 Å². The molecular weight excluding hydrogens is 408 g/mol. The van der Waals surface area contributed by atoms with Crippen molar-refractivity contribution in [3.63, 3.8) is 0 Å². The molecule has 0 aromatic carbocycles. The van der Waals surface area contributed by atoms with Gasteiger partial charge in [-0.25, -0.2) is 9.36 Å². The van der Waals surface area contributed by atoms with E-state index in [1.807, 2.05) is 38.1 Å². The first-order valence-corrected chi connectivity index (χ1v) is 10.4. The van der Waals surface area contributed by atoms with Crippen LogP contribution in [0.2, 0.25) is 0 Å². The summed E-state index contributed by atoms with van der Waals surface area (Å²) in [6.45, 7) is 3.97. The van der Waals surface area contributed by atoms with Crippen molar-refractivity contribution in [1.29, 1.82) is 5.26 Å². The molecule has 7 nitrogen and oxygen atoms in total. The maximum absolute atomic E-state index is 12.7. The number of aryl methyl sites for hydroxylation is 2. The Morgan fingerprint density at radius 3 is 2.62 bits per heavy atom. The number of rotatable bonds is 2. The van der Waals surface area contributed by atoms with Crippen molar-refractivity contribution >= 4 is 40.3 Å². The fraction of sp³-hybridized carbons (Fsp3) is 0.150. The summed E-state index contributed by atoms with van der Waals surface area (Å²) in [6.07, 6.45) is 1.72. The molecule has 5 heterocycles. The van der Waals surface area contributed by atoms with E-state index in [-0.39, 0.29) is 16.9 Å². The maximum atomic E-state index is 12.7. The molecule has 1 aliphatic heterocycles. The molecule has 2 N–H and O–H groups in total. The fourth-order valence-electron chi connectivity index (χ4n) is 3.50. The summed E-state index contributed by atoms with van der Waals surface area (Å²) in [5.41, 5.74) is 6.26. The first-order chi connectivity index (χ1) is 14.0. The lowest BCUT2D eigenvalue weighted by Crippen LogP contribution is -2.35. The lowest BCUT2D eigenvalue weighted by atomic mass is 9.93. The van der Waals surface area contributed by atoms with Crippen molar-refractivity contribution in [2.24, 2.45) is 0 Å². The number of hydrogen-bond donors (Lipinski definition) is 1. The SMILES string of the molecule is Cc1ccc(/C=c2\c(=O)oc3n2-c2oc(N)nc2[C@@H](c2ccc(C)s2)C=3C#N)s1. The van der Waals surface area contributed by atoms with Gasteiger partial charge in [0.1, 0.15) is 22.7 Å². The van der Waals surface area contributed by atoms with Gasteiger partial charge in [0.15, 0.2) is 0 Å². The molecule has 0 saturated heterocycles. The molecule has 0 bridgehead atoms. The number of aromatic nitrogens is 2. The van der Waals surface area contributed by atoms with Crippen molar-refractivity contribution in [2.75, 3.05) is 5.73 Å². The molecule has 0 amide bonds. The molecule has 5 rings (SSSR count). The highest BCUT2D eigenvalue weighted by Crippen LogP contribution is 2.40. The minimum absolute atomic E-state index is 0.0301. The van der Waals surface area contributed by atoms with Crippen LogP contribution in [-0.2, 0) is 0 Å². The van der Waals surface area contributed by atoms with Gasteiger partial charge in [-0.1, -0.05) is 0 Å². The molecule has 1 atom stereocenters. The monoisotopic (exact) mass is 422 g/mol. The molecule has 0 saturated carbocycles. The molecule has 4 aromatic rings. The van der Waals surface area contributed by atoms with E-state index in [0.717, 1.165) is 19.5 Å². The Morgan fingerprint density at radius 1 is 1.21 bits per heavy atom. The Morgan fingerprint density at radius 2 is 1.97 bits per heavy atom. The second-order valence-corrected chi connectivity index (χ2v) is 9.30. The van der Waals surface area contributed by atoms with Crippen LogP contribution in [0.3, 0.4) is 0 Å². The lowest BCUT2D eigenvalue weighted by molar-refractivity contribution is 0.455. The van der Waals surface area contributed by atoms with Crippen molar-refractivity contribution in [2.45, 2.75) is 19.8 Å². The number of nitrogens with zero attached hydrogens (tertiary/aromatic N) is 3. The average molecular weight is 422 g/mol. The molecule has 0 fully saturated rings. The summed E-state index contributed by atoms with van der Waals surface area (Å²) in [5, 5.41) is 10.2. The first kappa shape index (κ1) is 17.7. The van der Waals surface area contributed by atoms with E-state index < -0.39 is 11.5 Å². The summed E-state index contributed by atoms with van der Waals surface area (Å²) in [4.78, 5) is 21.1. The van der Waals surface area contributed by atoms with Gasteiger partial charge in [0, 0.05) is 19.5 Å². The van der Waals surface area contributed by atoms with Crippen LogP contribution in [0.4, 0.5) is 6.01 Å². The average Bonchev–Trinajstić information content (AvgIpc) is 3.43. The Kier molecular flexibility index (Phi) is 3.87. The van der Waals surface area contributed by atoms with Crippen LogP contribution in [-0.4, -0.2) is 9.55 Å². The molecular formula is C20H14N4O3S2. The molecule has 29 heavy (non-hydrogen) atoms. The smallest absolute Gasteiger partial charge is 0.362 e. The van der Waals surface area contributed by atoms with Gasteiger partial charge in [-0.3, -0.25) is 0 Å². The summed E-state index contributed by atoms with van der Waals surface area (Å²) in [5.74, 6) is -0.199. The third-order valence-electron chi connectivity index (χ3n) is 4.70. The van der Waals surface area contributed by atoms with Crippen LogP contribution in [0, 0.1) is 25.2 Å². The van der Waals surface area contributed by atoms with Gasteiger partial charge in [-0.15, -0.1) is 22.7 Å². The Labute approximate surface area is 172 Å². The highest BCUT2D eigenvalue weighted by Gasteiger charge is 2.36. The van der Waals surface area contributed by atoms with Crippen LogP contribution in [0.15, 0.2) is 37.9 Å². The summed E-state index contributed by atoms with van der Waals surface area (Å²) in [6, 6.07) is 9.99. The molecule has 1 aliphatic rings. The van der Waals surface area contributed by atoms with Crippen LogP contribution < -0.4 is 22.3 Å². The van der Waals surface area contributed by atoms with Crippen molar-refractivity contribution in [1.82, 2.24) is 9.55 Å². The van der Waals surface area contributed by atoms with Crippen LogP contribution in [0.5, 0.6) is 0 Å². The number of fused-ring (bicyclic) bond motifs is 3. The van der Waals surface area contributed by atoms with Crippen LogP contribution in [0.1, 0.15) is 31.1 Å². The fourth-order valence-corrected chi connectivity index (χ4v) is 5.31. The Hall–Kier alpha value is -3.35. The van der Waals surface area contributed by atoms with Gasteiger partial charge in [0.2, 0.25) is 11.4 Å². The molecule has 0 aliphatic carbocycles. The highest BCUT2D eigenvalue weighted by atomic mass is 32.1. The molecule has 4 aromatic heterocycles.